The summed E-state index contributed by atoms with van der Waals surface area (Å²) in [4.78, 5) is 9.47. The fraction of sp³-hybridized carbons (Fsp3) is 0. The van der Waals surface area contributed by atoms with Gasteiger partial charge >= 0.3 is 35.2 Å². The average molecular weight is 198 g/mol. The minimum Gasteiger partial charge on any atom is -1.00 e. The molecule has 0 aliphatic heterocycles. The van der Waals surface area contributed by atoms with E-state index in [0.717, 1.165) is 6.07 Å². The van der Waals surface area contributed by atoms with Crippen LogP contribution in [0.5, 0.6) is 5.75 Å². The van der Waals surface area contributed by atoms with Gasteiger partial charge in [-0.1, -0.05) is 11.6 Å². The molecule has 0 saturated heterocycles. The first-order valence-electron chi connectivity index (χ1n) is 2.74. The van der Waals surface area contributed by atoms with Crippen LogP contribution in [-0.4, -0.2) is 10.0 Å². The molecule has 4 nitrogen and oxygen atoms in total. The van der Waals surface area contributed by atoms with Crippen LogP contribution in [0.25, 0.3) is 0 Å². The topological polar surface area (TPSA) is 63.4 Å². The molecule has 1 aromatic carbocycles. The van der Waals surface area contributed by atoms with Crippen LogP contribution < -0.4 is 29.6 Å². The largest absolute Gasteiger partial charge is 1.00 e. The van der Waals surface area contributed by atoms with Crippen LogP contribution in [0.3, 0.4) is 0 Å². The number of phenolic OH excluding ortho intramolecular Hbond substituents is 1. The molecule has 0 saturated carbocycles. The van der Waals surface area contributed by atoms with Gasteiger partial charge in [0, 0.05) is 11.1 Å². The van der Waals surface area contributed by atoms with Crippen LogP contribution in [0.2, 0.25) is 5.02 Å². The molecule has 0 atom stereocenters. The Kier molecular flexibility index (Phi) is 4.55. The zero-order valence-corrected chi connectivity index (χ0v) is 9.08. The minimum absolute atomic E-state index is 0. The predicted octanol–water partition coefficient (Wildman–Crippen LogP) is -0.930. The molecule has 0 spiro atoms. The van der Waals surface area contributed by atoms with E-state index >= 15 is 0 Å². The van der Waals surface area contributed by atoms with Crippen molar-refractivity contribution in [3.63, 3.8) is 0 Å². The maximum atomic E-state index is 10.2. The van der Waals surface area contributed by atoms with E-state index in [-0.39, 0.29) is 47.4 Å². The number of nitro benzene ring substituents is 1. The molecule has 0 aliphatic carbocycles. The van der Waals surface area contributed by atoms with E-state index in [1.165, 1.54) is 12.1 Å². The van der Waals surface area contributed by atoms with Crippen LogP contribution in [0.1, 0.15) is 1.43 Å². The first kappa shape index (κ1) is 11.7. The number of benzene rings is 1. The van der Waals surface area contributed by atoms with Gasteiger partial charge in [0.15, 0.2) is 5.75 Å². The second kappa shape index (κ2) is 4.67. The molecule has 0 aliphatic rings. The Bertz CT molecular complexity index is 310. The third kappa shape index (κ3) is 2.64. The van der Waals surface area contributed by atoms with Crippen molar-refractivity contribution < 1.29 is 41.0 Å². The fourth-order valence-corrected chi connectivity index (χ4v) is 0.809. The Morgan fingerprint density at radius 3 is 2.58 bits per heavy atom. The molecule has 0 amide bonds. The molecule has 0 aromatic heterocycles. The maximum absolute atomic E-state index is 10.2. The Morgan fingerprint density at radius 1 is 1.58 bits per heavy atom. The molecular formula is C6H5ClNNaO3. The van der Waals surface area contributed by atoms with Gasteiger partial charge in [0.1, 0.15) is 0 Å². The fourth-order valence-electron chi connectivity index (χ4n) is 0.643. The predicted molar refractivity (Wildman–Crippen MR) is 40.9 cm³/mol. The summed E-state index contributed by atoms with van der Waals surface area (Å²) in [7, 11) is 0. The van der Waals surface area contributed by atoms with Crippen LogP contribution in [-0.2, 0) is 0 Å². The molecule has 6 heteroatoms. The van der Waals surface area contributed by atoms with Crippen LogP contribution in [0, 0.1) is 10.1 Å². The van der Waals surface area contributed by atoms with E-state index in [0.29, 0.717) is 0 Å². The number of phenols is 1. The summed E-state index contributed by atoms with van der Waals surface area (Å²) in [5, 5.41) is 19.3. The third-order valence-electron chi connectivity index (χ3n) is 1.13. The monoisotopic (exact) mass is 197 g/mol. The van der Waals surface area contributed by atoms with E-state index in [2.05, 4.69) is 0 Å². The molecule has 0 bridgehead atoms. The molecule has 0 heterocycles. The van der Waals surface area contributed by atoms with Crippen molar-refractivity contribution in [3.05, 3.63) is 33.3 Å². The summed E-state index contributed by atoms with van der Waals surface area (Å²) in [6, 6.07) is 3.65. The second-order valence-electron chi connectivity index (χ2n) is 1.89. The van der Waals surface area contributed by atoms with Gasteiger partial charge in [0.2, 0.25) is 0 Å². The number of hydrogen-bond acceptors (Lipinski definition) is 3. The van der Waals surface area contributed by atoms with E-state index in [1.807, 2.05) is 0 Å². The van der Waals surface area contributed by atoms with Gasteiger partial charge in [-0.2, -0.15) is 0 Å². The number of rotatable bonds is 1. The number of halogens is 1. The van der Waals surface area contributed by atoms with Gasteiger partial charge in [-0.3, -0.25) is 10.1 Å². The summed E-state index contributed by atoms with van der Waals surface area (Å²) in [5.74, 6) is -0.376. The molecule has 0 fully saturated rings. The SMILES string of the molecule is O=[N+]([O-])c1cc(Cl)ccc1O.[H-].[Na+]. The van der Waals surface area contributed by atoms with Gasteiger partial charge in [0.05, 0.1) is 4.92 Å². The van der Waals surface area contributed by atoms with E-state index < -0.39 is 4.92 Å². The number of hydrogen-bond donors (Lipinski definition) is 1. The van der Waals surface area contributed by atoms with E-state index in [9.17, 15) is 10.1 Å². The molecule has 0 radical (unpaired) electrons. The smallest absolute Gasteiger partial charge is 1.00 e. The second-order valence-corrected chi connectivity index (χ2v) is 2.33. The van der Waals surface area contributed by atoms with E-state index in [4.69, 9.17) is 16.7 Å². The standard InChI is InChI=1S/C6H4ClNO3.Na.H/c7-4-1-2-6(9)5(3-4)8(10)11;;/h1-3,9H;;/q;+1;-1. The molecule has 1 rings (SSSR count). The van der Waals surface area contributed by atoms with Crippen molar-refractivity contribution in [2.45, 2.75) is 0 Å². The van der Waals surface area contributed by atoms with E-state index in [1.54, 1.807) is 0 Å². The molecule has 60 valence electrons. The van der Waals surface area contributed by atoms with Gasteiger partial charge < -0.3 is 6.53 Å². The summed E-state index contributed by atoms with van der Waals surface area (Å²) in [5.41, 5.74) is -0.377. The number of nitrogens with zero attached hydrogens (tertiary/aromatic N) is 1. The van der Waals surface area contributed by atoms with Gasteiger partial charge in [0.25, 0.3) is 0 Å². The van der Waals surface area contributed by atoms with Crippen molar-refractivity contribution in [1.82, 2.24) is 0 Å². The maximum Gasteiger partial charge on any atom is 1.00 e. The minimum atomic E-state index is -0.693. The summed E-state index contributed by atoms with van der Waals surface area (Å²) in [6.45, 7) is 0. The quantitative estimate of drug-likeness (QED) is 0.360. The molecular weight excluding hydrogens is 193 g/mol. The first-order chi connectivity index (χ1) is 5.11. The Morgan fingerprint density at radius 2 is 2.17 bits per heavy atom. The number of nitro groups is 1. The Balaban J connectivity index is 0. The summed E-state index contributed by atoms with van der Waals surface area (Å²) < 4.78 is 0. The normalized spacial score (nSPS) is 8.75. The van der Waals surface area contributed by atoms with Gasteiger partial charge in [-0.25, -0.2) is 0 Å². The van der Waals surface area contributed by atoms with Crippen molar-refractivity contribution >= 4 is 17.3 Å². The zero-order chi connectivity index (χ0) is 8.43. The Labute approximate surface area is 97.1 Å². The van der Waals surface area contributed by atoms with Crippen molar-refractivity contribution in [2.75, 3.05) is 0 Å². The average Bonchev–Trinajstić information content (AvgIpc) is 1.94. The number of aromatic hydroxyl groups is 1. The molecule has 1 N–H and O–H groups in total. The Hall–Kier alpha value is -0.290. The van der Waals surface area contributed by atoms with Gasteiger partial charge in [-0.15, -0.1) is 0 Å². The van der Waals surface area contributed by atoms with Crippen molar-refractivity contribution in [3.8, 4) is 5.75 Å². The molecule has 0 unspecified atom stereocenters. The van der Waals surface area contributed by atoms with Crippen molar-refractivity contribution in [1.29, 1.82) is 0 Å². The zero-order valence-electron chi connectivity index (χ0n) is 7.32. The summed E-state index contributed by atoms with van der Waals surface area (Å²) >= 11 is 5.45. The van der Waals surface area contributed by atoms with Crippen molar-refractivity contribution in [2.24, 2.45) is 0 Å². The summed E-state index contributed by atoms with van der Waals surface area (Å²) in [6.07, 6.45) is 0. The first-order valence-corrected chi connectivity index (χ1v) is 3.12. The van der Waals surface area contributed by atoms with Crippen LogP contribution in [0.15, 0.2) is 18.2 Å². The molecule has 12 heavy (non-hydrogen) atoms. The molecule has 1 aromatic rings. The van der Waals surface area contributed by atoms with Crippen LogP contribution >= 0.6 is 11.6 Å². The van der Waals surface area contributed by atoms with Gasteiger partial charge in [-0.05, 0) is 12.1 Å². The van der Waals surface area contributed by atoms with Crippen LogP contribution in [0.4, 0.5) is 5.69 Å². The third-order valence-corrected chi connectivity index (χ3v) is 1.37.